The lowest BCUT2D eigenvalue weighted by Crippen LogP contribution is -2.49. The highest BCUT2D eigenvalue weighted by atomic mass is 16.2. The number of carbonyl (C=O) groups is 2. The average Bonchev–Trinajstić information content (AvgIpc) is 2.96. The SMILES string of the molecule is CC(=O)N1CCC[C@@H](NC(=O)CCn2ncc3c2CCCC3)C1. The van der Waals surface area contributed by atoms with Crippen molar-refractivity contribution in [3.05, 3.63) is 17.5 Å². The van der Waals surface area contributed by atoms with Crippen LogP contribution in [0.2, 0.25) is 0 Å². The molecule has 0 spiro atoms. The van der Waals surface area contributed by atoms with Crippen molar-refractivity contribution in [2.45, 2.75) is 64.5 Å². The van der Waals surface area contributed by atoms with E-state index in [0.29, 0.717) is 19.5 Å². The number of nitrogens with zero attached hydrogens (tertiary/aromatic N) is 3. The van der Waals surface area contributed by atoms with Crippen LogP contribution in [0.1, 0.15) is 50.3 Å². The maximum Gasteiger partial charge on any atom is 0.222 e. The van der Waals surface area contributed by atoms with E-state index in [4.69, 9.17) is 0 Å². The fourth-order valence-electron chi connectivity index (χ4n) is 3.64. The number of aromatic nitrogens is 2. The molecule has 0 radical (unpaired) electrons. The standard InChI is InChI=1S/C17H26N4O2/c1-13(22)20-9-4-6-15(12-20)19-17(23)8-10-21-16-7-3-2-5-14(16)11-18-21/h11,15H,2-10,12H2,1H3,(H,19,23)/t15-/m1/s1. The van der Waals surface area contributed by atoms with Gasteiger partial charge in [0.1, 0.15) is 0 Å². The van der Waals surface area contributed by atoms with Crippen molar-refractivity contribution in [2.24, 2.45) is 0 Å². The summed E-state index contributed by atoms with van der Waals surface area (Å²) in [5.41, 5.74) is 2.66. The van der Waals surface area contributed by atoms with Gasteiger partial charge in [0.05, 0.1) is 6.20 Å². The van der Waals surface area contributed by atoms with Crippen LogP contribution in [0.3, 0.4) is 0 Å². The Morgan fingerprint density at radius 1 is 1.30 bits per heavy atom. The van der Waals surface area contributed by atoms with Gasteiger partial charge in [0.2, 0.25) is 11.8 Å². The summed E-state index contributed by atoms with van der Waals surface area (Å²) >= 11 is 0. The highest BCUT2D eigenvalue weighted by Crippen LogP contribution is 2.20. The normalized spacial score (nSPS) is 20.9. The highest BCUT2D eigenvalue weighted by molar-refractivity contribution is 5.76. The van der Waals surface area contributed by atoms with Crippen LogP contribution >= 0.6 is 0 Å². The summed E-state index contributed by atoms with van der Waals surface area (Å²) in [5.74, 6) is 0.146. The Morgan fingerprint density at radius 3 is 2.96 bits per heavy atom. The van der Waals surface area contributed by atoms with Crippen molar-refractivity contribution in [1.82, 2.24) is 20.0 Å². The summed E-state index contributed by atoms with van der Waals surface area (Å²) in [5, 5.41) is 7.51. The van der Waals surface area contributed by atoms with E-state index in [0.717, 1.165) is 32.2 Å². The fourth-order valence-corrected chi connectivity index (χ4v) is 3.64. The second-order valence-corrected chi connectivity index (χ2v) is 6.67. The highest BCUT2D eigenvalue weighted by Gasteiger charge is 2.23. The van der Waals surface area contributed by atoms with Crippen LogP contribution in [-0.4, -0.2) is 45.6 Å². The summed E-state index contributed by atoms with van der Waals surface area (Å²) in [6.07, 6.45) is 8.96. The molecule has 0 bridgehead atoms. The molecule has 1 aliphatic carbocycles. The first-order valence-corrected chi connectivity index (χ1v) is 8.72. The molecule has 1 atom stereocenters. The van der Waals surface area contributed by atoms with Gasteiger partial charge in [-0.2, -0.15) is 5.10 Å². The number of rotatable bonds is 4. The Balaban J connectivity index is 1.48. The Kier molecular flexibility index (Phi) is 4.98. The molecule has 2 heterocycles. The van der Waals surface area contributed by atoms with Gasteiger partial charge in [0, 0.05) is 44.7 Å². The third kappa shape index (κ3) is 3.92. The molecule has 1 fully saturated rings. The Bertz CT molecular complexity index is 581. The maximum absolute atomic E-state index is 12.2. The first-order valence-electron chi connectivity index (χ1n) is 8.72. The minimum Gasteiger partial charge on any atom is -0.352 e. The van der Waals surface area contributed by atoms with Crippen molar-refractivity contribution in [1.29, 1.82) is 0 Å². The van der Waals surface area contributed by atoms with E-state index in [-0.39, 0.29) is 17.9 Å². The monoisotopic (exact) mass is 318 g/mol. The van der Waals surface area contributed by atoms with Crippen molar-refractivity contribution in [3.63, 3.8) is 0 Å². The van der Waals surface area contributed by atoms with E-state index in [2.05, 4.69) is 10.4 Å². The fraction of sp³-hybridized carbons (Fsp3) is 0.706. The summed E-state index contributed by atoms with van der Waals surface area (Å²) in [7, 11) is 0. The topological polar surface area (TPSA) is 67.2 Å². The molecule has 126 valence electrons. The summed E-state index contributed by atoms with van der Waals surface area (Å²) < 4.78 is 2.00. The van der Waals surface area contributed by atoms with Gasteiger partial charge in [-0.05, 0) is 44.1 Å². The first-order chi connectivity index (χ1) is 11.1. The second kappa shape index (κ2) is 7.15. The van der Waals surface area contributed by atoms with E-state index in [1.54, 1.807) is 6.92 Å². The number of fused-ring (bicyclic) bond motifs is 1. The third-order valence-corrected chi connectivity index (χ3v) is 4.93. The smallest absolute Gasteiger partial charge is 0.222 e. The number of amides is 2. The lowest BCUT2D eigenvalue weighted by atomic mass is 9.98. The summed E-state index contributed by atoms with van der Waals surface area (Å²) in [6.45, 7) is 3.68. The van der Waals surface area contributed by atoms with Crippen molar-refractivity contribution in [3.8, 4) is 0 Å². The molecule has 1 aliphatic heterocycles. The van der Waals surface area contributed by atoms with E-state index in [1.807, 2.05) is 15.8 Å². The minimum absolute atomic E-state index is 0.0560. The minimum atomic E-state index is 0.0560. The van der Waals surface area contributed by atoms with Gasteiger partial charge in [-0.3, -0.25) is 14.3 Å². The number of carbonyl (C=O) groups excluding carboxylic acids is 2. The predicted molar refractivity (Wildman–Crippen MR) is 86.9 cm³/mol. The van der Waals surface area contributed by atoms with Gasteiger partial charge in [-0.1, -0.05) is 0 Å². The molecule has 0 aromatic carbocycles. The second-order valence-electron chi connectivity index (χ2n) is 6.67. The van der Waals surface area contributed by atoms with E-state index in [9.17, 15) is 9.59 Å². The van der Waals surface area contributed by atoms with Gasteiger partial charge >= 0.3 is 0 Å². The Morgan fingerprint density at radius 2 is 2.13 bits per heavy atom. The molecular formula is C17H26N4O2. The average molecular weight is 318 g/mol. The van der Waals surface area contributed by atoms with E-state index >= 15 is 0 Å². The number of likely N-dealkylation sites (tertiary alicyclic amines) is 1. The van der Waals surface area contributed by atoms with Gasteiger partial charge in [-0.15, -0.1) is 0 Å². The molecule has 1 aromatic rings. The Labute approximate surface area is 137 Å². The van der Waals surface area contributed by atoms with Crippen molar-refractivity contribution in [2.75, 3.05) is 13.1 Å². The lowest BCUT2D eigenvalue weighted by molar-refractivity contribution is -0.131. The molecule has 23 heavy (non-hydrogen) atoms. The number of aryl methyl sites for hydroxylation is 2. The molecule has 1 N–H and O–H groups in total. The number of hydrogen-bond acceptors (Lipinski definition) is 3. The van der Waals surface area contributed by atoms with Gasteiger partial charge in [0.15, 0.2) is 0 Å². The van der Waals surface area contributed by atoms with Crippen LogP contribution < -0.4 is 5.32 Å². The molecular weight excluding hydrogens is 292 g/mol. The molecule has 0 unspecified atom stereocenters. The summed E-state index contributed by atoms with van der Waals surface area (Å²) in [4.78, 5) is 25.5. The molecule has 2 aliphatic rings. The van der Waals surface area contributed by atoms with Crippen LogP contribution in [0.25, 0.3) is 0 Å². The lowest BCUT2D eigenvalue weighted by Gasteiger charge is -2.32. The molecule has 6 heteroatoms. The first kappa shape index (κ1) is 16.0. The number of nitrogens with one attached hydrogen (secondary N) is 1. The van der Waals surface area contributed by atoms with Crippen LogP contribution in [0.4, 0.5) is 0 Å². The zero-order valence-corrected chi connectivity index (χ0v) is 13.9. The van der Waals surface area contributed by atoms with Crippen molar-refractivity contribution < 1.29 is 9.59 Å². The molecule has 6 nitrogen and oxygen atoms in total. The van der Waals surface area contributed by atoms with Gasteiger partial charge < -0.3 is 10.2 Å². The molecule has 3 rings (SSSR count). The van der Waals surface area contributed by atoms with E-state index in [1.165, 1.54) is 24.1 Å². The van der Waals surface area contributed by atoms with Crippen LogP contribution in [0, 0.1) is 0 Å². The van der Waals surface area contributed by atoms with Gasteiger partial charge in [-0.25, -0.2) is 0 Å². The van der Waals surface area contributed by atoms with E-state index < -0.39 is 0 Å². The third-order valence-electron chi connectivity index (χ3n) is 4.93. The Hall–Kier alpha value is -1.85. The summed E-state index contributed by atoms with van der Waals surface area (Å²) in [6, 6.07) is 0.0895. The van der Waals surface area contributed by atoms with Crippen LogP contribution in [0.5, 0.6) is 0 Å². The van der Waals surface area contributed by atoms with Gasteiger partial charge in [0.25, 0.3) is 0 Å². The zero-order chi connectivity index (χ0) is 16.2. The van der Waals surface area contributed by atoms with Crippen LogP contribution in [-0.2, 0) is 29.0 Å². The largest absolute Gasteiger partial charge is 0.352 e. The quantitative estimate of drug-likeness (QED) is 0.909. The molecule has 1 aromatic heterocycles. The zero-order valence-electron chi connectivity index (χ0n) is 13.9. The number of hydrogen-bond donors (Lipinski definition) is 1. The number of piperidine rings is 1. The maximum atomic E-state index is 12.2. The van der Waals surface area contributed by atoms with Crippen molar-refractivity contribution >= 4 is 11.8 Å². The molecule has 2 amide bonds. The predicted octanol–water partition coefficient (Wildman–Crippen LogP) is 1.28. The molecule has 1 saturated heterocycles. The molecule has 0 saturated carbocycles. The van der Waals surface area contributed by atoms with Crippen LogP contribution in [0.15, 0.2) is 6.20 Å².